The van der Waals surface area contributed by atoms with Crippen LogP contribution >= 0.6 is 23.2 Å². The quantitative estimate of drug-likeness (QED) is 0.787. The van der Waals surface area contributed by atoms with Crippen LogP contribution in [0, 0.1) is 5.82 Å². The topological polar surface area (TPSA) is 9.23 Å². The van der Waals surface area contributed by atoms with Gasteiger partial charge in [0.15, 0.2) is 5.75 Å². The first-order valence-electron chi connectivity index (χ1n) is 5.48. The predicted molar refractivity (Wildman–Crippen MR) is 72.1 cm³/mol. The van der Waals surface area contributed by atoms with E-state index in [1.54, 1.807) is 24.3 Å². The van der Waals surface area contributed by atoms with Crippen molar-refractivity contribution in [3.8, 4) is 5.75 Å². The third kappa shape index (κ3) is 3.37. The Morgan fingerprint density at radius 3 is 2.33 bits per heavy atom. The summed E-state index contributed by atoms with van der Waals surface area (Å²) in [5.74, 6) is 0.223. The maximum absolute atomic E-state index is 13.0. The first kappa shape index (κ1) is 13.2. The largest absolute Gasteiger partial charge is 0.490 e. The van der Waals surface area contributed by atoms with Crippen LogP contribution in [0.15, 0.2) is 42.5 Å². The monoisotopic (exact) mass is 284 g/mol. The standard InChI is InChI=1S/C14H11Cl2FO/c15-12-5-2-6-13(16)14(12)18-8-7-10-3-1-4-11(17)9-10/h1-6,9H,7-8H2. The maximum Gasteiger partial charge on any atom is 0.156 e. The van der Waals surface area contributed by atoms with E-state index in [0.717, 1.165) is 5.56 Å². The summed E-state index contributed by atoms with van der Waals surface area (Å²) in [6.07, 6.45) is 0.597. The summed E-state index contributed by atoms with van der Waals surface area (Å²) in [6, 6.07) is 11.6. The SMILES string of the molecule is Fc1cccc(CCOc2c(Cl)cccc2Cl)c1. The minimum absolute atomic E-state index is 0.247. The Bertz CT molecular complexity index is 523. The number of hydrogen-bond acceptors (Lipinski definition) is 1. The third-order valence-corrected chi connectivity index (χ3v) is 3.04. The fourth-order valence-corrected chi connectivity index (χ4v) is 2.09. The minimum atomic E-state index is -0.247. The van der Waals surface area contributed by atoms with Crippen LogP contribution in [-0.2, 0) is 6.42 Å². The molecule has 94 valence electrons. The lowest BCUT2D eigenvalue weighted by Crippen LogP contribution is -2.02. The summed E-state index contributed by atoms with van der Waals surface area (Å²) in [7, 11) is 0. The minimum Gasteiger partial charge on any atom is -0.490 e. The Morgan fingerprint density at radius 2 is 1.67 bits per heavy atom. The molecule has 0 saturated heterocycles. The molecule has 0 aliphatic rings. The highest BCUT2D eigenvalue weighted by molar-refractivity contribution is 6.37. The molecular formula is C14H11Cl2FO. The maximum atomic E-state index is 13.0. The van der Waals surface area contributed by atoms with Gasteiger partial charge in [0, 0.05) is 6.42 Å². The first-order chi connectivity index (χ1) is 8.66. The molecule has 0 amide bonds. The lowest BCUT2D eigenvalue weighted by molar-refractivity contribution is 0.322. The number of para-hydroxylation sites is 1. The van der Waals surface area contributed by atoms with Crippen molar-refractivity contribution in [2.45, 2.75) is 6.42 Å². The van der Waals surface area contributed by atoms with Crippen molar-refractivity contribution < 1.29 is 9.13 Å². The van der Waals surface area contributed by atoms with Gasteiger partial charge in [0.1, 0.15) is 5.82 Å². The average Bonchev–Trinajstić information content (AvgIpc) is 2.33. The molecule has 0 aliphatic carbocycles. The Kier molecular flexibility index (Phi) is 4.45. The molecule has 18 heavy (non-hydrogen) atoms. The second kappa shape index (κ2) is 6.07. The predicted octanol–water partition coefficient (Wildman–Crippen LogP) is 4.75. The zero-order valence-electron chi connectivity index (χ0n) is 9.50. The lowest BCUT2D eigenvalue weighted by Gasteiger charge is -2.09. The molecule has 0 aliphatic heterocycles. The Morgan fingerprint density at radius 1 is 1.00 bits per heavy atom. The smallest absolute Gasteiger partial charge is 0.156 e. The molecule has 4 heteroatoms. The van der Waals surface area contributed by atoms with E-state index in [2.05, 4.69) is 0 Å². The van der Waals surface area contributed by atoms with Gasteiger partial charge in [-0.3, -0.25) is 0 Å². The Balaban J connectivity index is 1.97. The van der Waals surface area contributed by atoms with E-state index in [1.807, 2.05) is 6.07 Å². The van der Waals surface area contributed by atoms with Gasteiger partial charge >= 0.3 is 0 Å². The summed E-state index contributed by atoms with van der Waals surface area (Å²) in [5.41, 5.74) is 0.873. The van der Waals surface area contributed by atoms with Crippen LogP contribution in [-0.4, -0.2) is 6.61 Å². The van der Waals surface area contributed by atoms with Gasteiger partial charge in [0.05, 0.1) is 16.7 Å². The van der Waals surface area contributed by atoms with Crippen molar-refractivity contribution in [3.05, 3.63) is 63.9 Å². The van der Waals surface area contributed by atoms with E-state index in [1.165, 1.54) is 12.1 Å². The summed E-state index contributed by atoms with van der Waals surface area (Å²) in [5, 5.41) is 0.948. The molecule has 0 saturated carbocycles. The van der Waals surface area contributed by atoms with Crippen LogP contribution < -0.4 is 4.74 Å². The van der Waals surface area contributed by atoms with Crippen LogP contribution in [0.3, 0.4) is 0 Å². The molecule has 0 spiro atoms. The molecule has 0 radical (unpaired) electrons. The van der Waals surface area contributed by atoms with Crippen molar-refractivity contribution >= 4 is 23.2 Å². The van der Waals surface area contributed by atoms with E-state index in [0.29, 0.717) is 28.8 Å². The molecule has 2 aromatic rings. The van der Waals surface area contributed by atoms with Crippen molar-refractivity contribution in [1.29, 1.82) is 0 Å². The van der Waals surface area contributed by atoms with Gasteiger partial charge in [-0.2, -0.15) is 0 Å². The highest BCUT2D eigenvalue weighted by Crippen LogP contribution is 2.32. The zero-order valence-corrected chi connectivity index (χ0v) is 11.0. The van der Waals surface area contributed by atoms with Gasteiger partial charge in [-0.1, -0.05) is 41.4 Å². The van der Waals surface area contributed by atoms with E-state index in [4.69, 9.17) is 27.9 Å². The van der Waals surface area contributed by atoms with E-state index in [-0.39, 0.29) is 5.82 Å². The second-order valence-corrected chi connectivity index (χ2v) is 4.59. The van der Waals surface area contributed by atoms with Crippen molar-refractivity contribution in [3.63, 3.8) is 0 Å². The molecular weight excluding hydrogens is 274 g/mol. The van der Waals surface area contributed by atoms with Gasteiger partial charge < -0.3 is 4.74 Å². The van der Waals surface area contributed by atoms with Crippen LogP contribution in [0.25, 0.3) is 0 Å². The summed E-state index contributed by atoms with van der Waals surface area (Å²) in [4.78, 5) is 0. The molecule has 0 unspecified atom stereocenters. The van der Waals surface area contributed by atoms with Crippen molar-refractivity contribution in [2.75, 3.05) is 6.61 Å². The van der Waals surface area contributed by atoms with Gasteiger partial charge in [-0.05, 0) is 29.8 Å². The summed E-state index contributed by atoms with van der Waals surface area (Å²) >= 11 is 11.9. The zero-order chi connectivity index (χ0) is 13.0. The summed E-state index contributed by atoms with van der Waals surface area (Å²) < 4.78 is 18.5. The molecule has 2 rings (SSSR count). The van der Waals surface area contributed by atoms with Gasteiger partial charge in [-0.15, -0.1) is 0 Å². The van der Waals surface area contributed by atoms with Crippen LogP contribution in [0.1, 0.15) is 5.56 Å². The normalized spacial score (nSPS) is 10.4. The molecule has 0 heterocycles. The van der Waals surface area contributed by atoms with Gasteiger partial charge in [-0.25, -0.2) is 4.39 Å². The molecule has 0 aromatic heterocycles. The highest BCUT2D eigenvalue weighted by Gasteiger charge is 2.06. The number of ether oxygens (including phenoxy) is 1. The second-order valence-electron chi connectivity index (χ2n) is 3.78. The van der Waals surface area contributed by atoms with Gasteiger partial charge in [0.2, 0.25) is 0 Å². The third-order valence-electron chi connectivity index (χ3n) is 2.45. The van der Waals surface area contributed by atoms with E-state index >= 15 is 0 Å². The Labute approximate surface area is 115 Å². The molecule has 0 N–H and O–H groups in total. The number of hydrogen-bond donors (Lipinski definition) is 0. The van der Waals surface area contributed by atoms with Crippen molar-refractivity contribution in [2.24, 2.45) is 0 Å². The van der Waals surface area contributed by atoms with Crippen LogP contribution in [0.5, 0.6) is 5.75 Å². The van der Waals surface area contributed by atoms with Crippen molar-refractivity contribution in [1.82, 2.24) is 0 Å². The fraction of sp³-hybridized carbons (Fsp3) is 0.143. The highest BCUT2D eigenvalue weighted by atomic mass is 35.5. The molecule has 2 aromatic carbocycles. The number of halogens is 3. The lowest BCUT2D eigenvalue weighted by atomic mass is 10.1. The van der Waals surface area contributed by atoms with Crippen LogP contribution in [0.4, 0.5) is 4.39 Å². The Hall–Kier alpha value is -1.25. The molecule has 0 fully saturated rings. The number of rotatable bonds is 4. The van der Waals surface area contributed by atoms with Crippen LogP contribution in [0.2, 0.25) is 10.0 Å². The average molecular weight is 285 g/mol. The molecule has 0 atom stereocenters. The molecule has 0 bridgehead atoms. The fourth-order valence-electron chi connectivity index (χ4n) is 1.58. The van der Waals surface area contributed by atoms with E-state index in [9.17, 15) is 4.39 Å². The first-order valence-corrected chi connectivity index (χ1v) is 6.23. The number of benzene rings is 2. The van der Waals surface area contributed by atoms with Gasteiger partial charge in [0.25, 0.3) is 0 Å². The van der Waals surface area contributed by atoms with E-state index < -0.39 is 0 Å². The molecule has 1 nitrogen and oxygen atoms in total. The summed E-state index contributed by atoms with van der Waals surface area (Å²) in [6.45, 7) is 0.396.